The molecule has 1 N–H and O–H groups in total. The van der Waals surface area contributed by atoms with Gasteiger partial charge in [-0.1, -0.05) is 15.9 Å². The molecule has 1 saturated heterocycles. The number of pyridine rings is 1. The zero-order chi connectivity index (χ0) is 15.3. The quantitative estimate of drug-likeness (QED) is 0.681. The lowest BCUT2D eigenvalue weighted by Gasteiger charge is -2.23. The molecule has 110 valence electrons. The SMILES string of the molecule is O=C1CCC(n2c3ccc(Br)cc3c3cccnc32)C(=O)N1. The van der Waals surface area contributed by atoms with E-state index in [0.717, 1.165) is 26.4 Å². The van der Waals surface area contributed by atoms with Crippen molar-refractivity contribution in [3.8, 4) is 0 Å². The highest BCUT2D eigenvalue weighted by Crippen LogP contribution is 2.34. The first-order valence-corrected chi connectivity index (χ1v) is 7.82. The van der Waals surface area contributed by atoms with Gasteiger partial charge in [0.1, 0.15) is 11.7 Å². The van der Waals surface area contributed by atoms with Gasteiger partial charge in [0.25, 0.3) is 0 Å². The number of hydrogen-bond acceptors (Lipinski definition) is 3. The summed E-state index contributed by atoms with van der Waals surface area (Å²) < 4.78 is 2.92. The minimum atomic E-state index is -0.409. The van der Waals surface area contributed by atoms with Crippen LogP contribution in [0.15, 0.2) is 41.0 Å². The summed E-state index contributed by atoms with van der Waals surface area (Å²) in [6, 6.07) is 9.43. The molecule has 5 nitrogen and oxygen atoms in total. The van der Waals surface area contributed by atoms with Crippen molar-refractivity contribution in [3.63, 3.8) is 0 Å². The molecule has 1 aliphatic rings. The van der Waals surface area contributed by atoms with Crippen LogP contribution in [0, 0.1) is 0 Å². The number of rotatable bonds is 1. The average Bonchev–Trinajstić information content (AvgIpc) is 2.82. The summed E-state index contributed by atoms with van der Waals surface area (Å²) in [6.45, 7) is 0. The first kappa shape index (κ1) is 13.5. The van der Waals surface area contributed by atoms with E-state index >= 15 is 0 Å². The minimum absolute atomic E-state index is 0.210. The molecule has 0 saturated carbocycles. The third-order valence-electron chi connectivity index (χ3n) is 4.04. The molecule has 4 rings (SSSR count). The molecule has 2 aromatic heterocycles. The van der Waals surface area contributed by atoms with E-state index in [2.05, 4.69) is 26.2 Å². The zero-order valence-electron chi connectivity index (χ0n) is 11.5. The number of amides is 2. The van der Waals surface area contributed by atoms with Gasteiger partial charge in [-0.2, -0.15) is 0 Å². The predicted molar refractivity (Wildman–Crippen MR) is 86.4 cm³/mol. The molecule has 0 aliphatic carbocycles. The molecule has 0 spiro atoms. The summed E-state index contributed by atoms with van der Waals surface area (Å²) in [7, 11) is 0. The molecule has 2 amide bonds. The van der Waals surface area contributed by atoms with Gasteiger partial charge in [0, 0.05) is 27.9 Å². The number of carbonyl (C=O) groups excluding carboxylic acids is 2. The second kappa shape index (κ2) is 4.91. The number of hydrogen-bond donors (Lipinski definition) is 1. The molecule has 3 aromatic rings. The summed E-state index contributed by atoms with van der Waals surface area (Å²) in [5.41, 5.74) is 1.72. The summed E-state index contributed by atoms with van der Waals surface area (Å²) in [5, 5.41) is 4.47. The van der Waals surface area contributed by atoms with Crippen molar-refractivity contribution in [2.45, 2.75) is 18.9 Å². The number of nitrogens with one attached hydrogen (secondary N) is 1. The Morgan fingerprint density at radius 2 is 2.09 bits per heavy atom. The fourth-order valence-corrected chi connectivity index (χ4v) is 3.45. The van der Waals surface area contributed by atoms with E-state index in [1.165, 1.54) is 0 Å². The molecule has 3 heterocycles. The largest absolute Gasteiger partial charge is 0.313 e. The van der Waals surface area contributed by atoms with E-state index in [4.69, 9.17) is 0 Å². The van der Waals surface area contributed by atoms with Gasteiger partial charge < -0.3 is 4.57 Å². The van der Waals surface area contributed by atoms with E-state index in [1.807, 2.05) is 34.9 Å². The van der Waals surface area contributed by atoms with Crippen molar-refractivity contribution in [2.24, 2.45) is 0 Å². The highest BCUT2D eigenvalue weighted by Gasteiger charge is 2.30. The van der Waals surface area contributed by atoms with E-state index in [9.17, 15) is 9.59 Å². The molecule has 1 aromatic carbocycles. The summed E-state index contributed by atoms with van der Waals surface area (Å²) in [6.07, 6.45) is 2.57. The number of piperidine rings is 1. The Morgan fingerprint density at radius 1 is 1.23 bits per heavy atom. The average molecular weight is 358 g/mol. The molecule has 1 fully saturated rings. The fourth-order valence-electron chi connectivity index (χ4n) is 3.09. The van der Waals surface area contributed by atoms with Gasteiger partial charge in [-0.25, -0.2) is 4.98 Å². The summed E-state index contributed by atoms with van der Waals surface area (Å²) in [5.74, 6) is -0.471. The van der Waals surface area contributed by atoms with E-state index in [-0.39, 0.29) is 11.8 Å². The van der Waals surface area contributed by atoms with Crippen LogP contribution in [0.1, 0.15) is 18.9 Å². The first-order valence-electron chi connectivity index (χ1n) is 7.03. The Bertz CT molecular complexity index is 932. The van der Waals surface area contributed by atoms with Crippen LogP contribution in [0.4, 0.5) is 0 Å². The maximum Gasteiger partial charge on any atom is 0.249 e. The second-order valence-electron chi connectivity index (χ2n) is 5.37. The normalized spacial score (nSPS) is 18.9. The molecular formula is C16H12BrN3O2. The molecule has 22 heavy (non-hydrogen) atoms. The lowest BCUT2D eigenvalue weighted by Crippen LogP contribution is -2.41. The van der Waals surface area contributed by atoms with E-state index in [0.29, 0.717) is 12.8 Å². The van der Waals surface area contributed by atoms with Crippen LogP contribution in [0.3, 0.4) is 0 Å². The number of nitrogens with zero attached hydrogens (tertiary/aromatic N) is 2. The molecular weight excluding hydrogens is 346 g/mol. The number of fused-ring (bicyclic) bond motifs is 3. The minimum Gasteiger partial charge on any atom is -0.313 e. The number of benzene rings is 1. The van der Waals surface area contributed by atoms with Crippen LogP contribution in [0.25, 0.3) is 21.9 Å². The molecule has 0 bridgehead atoms. The number of aromatic nitrogens is 2. The molecule has 0 radical (unpaired) electrons. The van der Waals surface area contributed by atoms with Crippen LogP contribution in [0.5, 0.6) is 0 Å². The van der Waals surface area contributed by atoms with Gasteiger partial charge in [-0.05, 0) is 36.8 Å². The van der Waals surface area contributed by atoms with Crippen molar-refractivity contribution in [2.75, 3.05) is 0 Å². The third-order valence-corrected chi connectivity index (χ3v) is 4.54. The molecule has 1 atom stereocenters. The summed E-state index contributed by atoms with van der Waals surface area (Å²) in [4.78, 5) is 28.1. The van der Waals surface area contributed by atoms with Crippen LogP contribution in [0.2, 0.25) is 0 Å². The van der Waals surface area contributed by atoms with Crippen LogP contribution < -0.4 is 5.32 Å². The Labute approximate surface area is 134 Å². The third kappa shape index (κ3) is 1.94. The monoisotopic (exact) mass is 357 g/mol. The highest BCUT2D eigenvalue weighted by molar-refractivity contribution is 9.10. The van der Waals surface area contributed by atoms with Gasteiger partial charge in [0.15, 0.2) is 0 Å². The van der Waals surface area contributed by atoms with Gasteiger partial charge in [0.2, 0.25) is 11.8 Å². The predicted octanol–water partition coefficient (Wildman–Crippen LogP) is 2.93. The van der Waals surface area contributed by atoms with Crippen molar-refractivity contribution in [1.82, 2.24) is 14.9 Å². The van der Waals surface area contributed by atoms with Gasteiger partial charge in [-0.3, -0.25) is 14.9 Å². The van der Waals surface area contributed by atoms with Crippen molar-refractivity contribution >= 4 is 49.7 Å². The van der Waals surface area contributed by atoms with Gasteiger partial charge >= 0.3 is 0 Å². The van der Waals surface area contributed by atoms with Crippen LogP contribution in [-0.4, -0.2) is 21.4 Å². The van der Waals surface area contributed by atoms with E-state index < -0.39 is 6.04 Å². The molecule has 1 aliphatic heterocycles. The summed E-state index contributed by atoms with van der Waals surface area (Å²) >= 11 is 3.49. The van der Waals surface area contributed by atoms with Crippen molar-refractivity contribution < 1.29 is 9.59 Å². The number of imide groups is 1. The number of carbonyl (C=O) groups is 2. The second-order valence-corrected chi connectivity index (χ2v) is 6.29. The van der Waals surface area contributed by atoms with Gasteiger partial charge in [-0.15, -0.1) is 0 Å². The van der Waals surface area contributed by atoms with Crippen LogP contribution >= 0.6 is 15.9 Å². The van der Waals surface area contributed by atoms with E-state index in [1.54, 1.807) is 6.20 Å². The van der Waals surface area contributed by atoms with Crippen LogP contribution in [-0.2, 0) is 9.59 Å². The highest BCUT2D eigenvalue weighted by atomic mass is 79.9. The Morgan fingerprint density at radius 3 is 2.91 bits per heavy atom. The Hall–Kier alpha value is -2.21. The first-order chi connectivity index (χ1) is 10.6. The van der Waals surface area contributed by atoms with Crippen molar-refractivity contribution in [3.05, 3.63) is 41.0 Å². The van der Waals surface area contributed by atoms with Crippen molar-refractivity contribution in [1.29, 1.82) is 0 Å². The maximum absolute atomic E-state index is 12.3. The maximum atomic E-state index is 12.3. The lowest BCUT2D eigenvalue weighted by atomic mass is 10.1. The smallest absolute Gasteiger partial charge is 0.249 e. The lowest BCUT2D eigenvalue weighted by molar-refractivity contribution is -0.135. The Balaban J connectivity index is 2.03. The fraction of sp³-hybridized carbons (Fsp3) is 0.188. The topological polar surface area (TPSA) is 64.0 Å². The standard InChI is InChI=1S/C16H12BrN3O2/c17-9-3-4-12-11(8-9)10-2-1-7-18-15(10)20(12)13-5-6-14(21)19-16(13)22/h1-4,7-8,13H,5-6H2,(H,19,21,22). The molecule has 1 unspecified atom stereocenters. The van der Waals surface area contributed by atoms with Gasteiger partial charge in [0.05, 0.1) is 5.52 Å². The molecule has 6 heteroatoms. The zero-order valence-corrected chi connectivity index (χ0v) is 13.1. The Kier molecular flexibility index (Phi) is 3.00. The number of halogens is 1.